The third kappa shape index (κ3) is 4.07. The molecule has 1 heterocycles. The topological polar surface area (TPSA) is 54.0 Å². The van der Waals surface area contributed by atoms with Crippen LogP contribution in [0.15, 0.2) is 18.2 Å². The van der Waals surface area contributed by atoms with E-state index >= 15 is 0 Å². The first-order valence-electron chi connectivity index (χ1n) is 7.40. The number of carbonyl (C=O) groups excluding carboxylic acids is 1. The van der Waals surface area contributed by atoms with Crippen LogP contribution in [0.4, 0.5) is 34.6 Å². The molecule has 2 N–H and O–H groups in total. The maximum absolute atomic E-state index is 13.7. The largest absolute Gasteiger partial charge is 0.350 e. The lowest BCUT2D eigenvalue weighted by molar-refractivity contribution is -0.123. The molecule has 4 nitrogen and oxygen atoms in total. The minimum absolute atomic E-state index is 0.137. The Morgan fingerprint density at radius 2 is 1.60 bits per heavy atom. The summed E-state index contributed by atoms with van der Waals surface area (Å²) in [5.41, 5.74) is -0.401. The van der Waals surface area contributed by atoms with Crippen LogP contribution < -0.4 is 10.6 Å². The second kappa shape index (κ2) is 6.70. The fourth-order valence-electron chi connectivity index (χ4n) is 1.89. The smallest absolute Gasteiger partial charge is 0.253 e. The van der Waals surface area contributed by atoms with E-state index in [2.05, 4.69) is 15.6 Å². The number of pyridine rings is 1. The van der Waals surface area contributed by atoms with Gasteiger partial charge in [0.2, 0.25) is 17.5 Å². The number of halogens is 4. The Labute approximate surface area is 142 Å². The van der Waals surface area contributed by atoms with Crippen LogP contribution in [0.25, 0.3) is 0 Å². The lowest BCUT2D eigenvalue weighted by Gasteiger charge is -2.19. The first-order valence-corrected chi connectivity index (χ1v) is 7.40. The summed E-state index contributed by atoms with van der Waals surface area (Å²) in [4.78, 5) is 14.6. The van der Waals surface area contributed by atoms with Crippen molar-refractivity contribution in [1.29, 1.82) is 0 Å². The molecule has 1 aromatic heterocycles. The molecule has 0 unspecified atom stereocenters. The van der Waals surface area contributed by atoms with Crippen molar-refractivity contribution < 1.29 is 22.4 Å². The van der Waals surface area contributed by atoms with Crippen molar-refractivity contribution >= 4 is 23.0 Å². The van der Waals surface area contributed by atoms with Crippen molar-refractivity contribution in [2.24, 2.45) is 5.41 Å². The van der Waals surface area contributed by atoms with E-state index in [0.29, 0.717) is 11.3 Å². The number of anilines is 3. The van der Waals surface area contributed by atoms with Gasteiger partial charge in [0, 0.05) is 16.8 Å². The summed E-state index contributed by atoms with van der Waals surface area (Å²) in [6.07, 6.45) is 0. The number of hydrogen-bond donors (Lipinski definition) is 2. The first kappa shape index (κ1) is 18.7. The molecule has 1 aromatic carbocycles. The van der Waals surface area contributed by atoms with E-state index < -0.39 is 34.6 Å². The van der Waals surface area contributed by atoms with E-state index in [1.54, 1.807) is 33.8 Å². The first-order chi connectivity index (χ1) is 11.5. The van der Waals surface area contributed by atoms with Gasteiger partial charge >= 0.3 is 0 Å². The highest BCUT2D eigenvalue weighted by Gasteiger charge is 2.23. The molecule has 0 spiro atoms. The molecule has 0 saturated heterocycles. The van der Waals surface area contributed by atoms with Gasteiger partial charge in [-0.05, 0) is 24.6 Å². The lowest BCUT2D eigenvalue weighted by atomic mass is 9.95. The molecule has 0 atom stereocenters. The van der Waals surface area contributed by atoms with Crippen molar-refractivity contribution in [2.75, 3.05) is 10.6 Å². The standard InChI is InChI=1S/C17H17F4N3O/c1-8-5-6-9(7-10(8)23-16(25)17(2,3)4)22-13-11(18)14(20)24-15(21)12(13)19/h5-7H,1-4H3,(H,22,24)(H,23,25). The summed E-state index contributed by atoms with van der Waals surface area (Å²) < 4.78 is 53.8. The molecule has 0 radical (unpaired) electrons. The van der Waals surface area contributed by atoms with E-state index in [4.69, 9.17) is 0 Å². The van der Waals surface area contributed by atoms with Crippen LogP contribution in [0.1, 0.15) is 26.3 Å². The molecule has 0 bridgehead atoms. The minimum Gasteiger partial charge on any atom is -0.350 e. The number of carbonyl (C=O) groups is 1. The number of benzene rings is 1. The number of hydrogen-bond acceptors (Lipinski definition) is 3. The molecular weight excluding hydrogens is 338 g/mol. The summed E-state index contributed by atoms with van der Waals surface area (Å²) >= 11 is 0. The number of aromatic nitrogens is 1. The molecule has 2 aromatic rings. The average molecular weight is 355 g/mol. The fraction of sp³-hybridized carbons (Fsp3) is 0.294. The van der Waals surface area contributed by atoms with Crippen LogP contribution >= 0.6 is 0 Å². The van der Waals surface area contributed by atoms with Gasteiger partial charge in [0.15, 0.2) is 0 Å². The molecule has 0 aliphatic carbocycles. The van der Waals surface area contributed by atoms with Crippen LogP contribution in [0.2, 0.25) is 0 Å². The molecule has 0 aliphatic heterocycles. The third-order valence-corrected chi connectivity index (χ3v) is 3.43. The minimum atomic E-state index is -1.75. The number of aryl methyl sites for hydroxylation is 1. The molecule has 1 amide bonds. The quantitative estimate of drug-likeness (QED) is 0.621. The van der Waals surface area contributed by atoms with Gasteiger partial charge in [-0.3, -0.25) is 4.79 Å². The third-order valence-electron chi connectivity index (χ3n) is 3.43. The zero-order valence-corrected chi connectivity index (χ0v) is 14.1. The Morgan fingerprint density at radius 3 is 2.12 bits per heavy atom. The second-order valence-corrected chi connectivity index (χ2v) is 6.56. The summed E-state index contributed by atoms with van der Waals surface area (Å²) in [6, 6.07) is 4.45. The van der Waals surface area contributed by atoms with E-state index in [-0.39, 0.29) is 11.6 Å². The number of nitrogens with one attached hydrogen (secondary N) is 2. The predicted octanol–water partition coefficient (Wildman–Crippen LogP) is 4.67. The highest BCUT2D eigenvalue weighted by atomic mass is 19.2. The maximum Gasteiger partial charge on any atom is 0.253 e. The van der Waals surface area contributed by atoms with Gasteiger partial charge < -0.3 is 10.6 Å². The SMILES string of the molecule is Cc1ccc(Nc2c(F)c(F)nc(F)c2F)cc1NC(=O)C(C)(C)C. The monoisotopic (exact) mass is 355 g/mol. The van der Waals surface area contributed by atoms with Crippen molar-refractivity contribution in [3.8, 4) is 0 Å². The molecule has 25 heavy (non-hydrogen) atoms. The van der Waals surface area contributed by atoms with Gasteiger partial charge in [0.05, 0.1) is 0 Å². The maximum atomic E-state index is 13.7. The zero-order chi connectivity index (χ0) is 18.9. The van der Waals surface area contributed by atoms with E-state index in [1.165, 1.54) is 12.1 Å². The summed E-state index contributed by atoms with van der Waals surface area (Å²) in [6.45, 7) is 6.92. The Balaban J connectivity index is 2.37. The van der Waals surface area contributed by atoms with Crippen LogP contribution in [-0.4, -0.2) is 10.9 Å². The van der Waals surface area contributed by atoms with Crippen LogP contribution in [0.3, 0.4) is 0 Å². The molecule has 0 saturated carbocycles. The van der Waals surface area contributed by atoms with Gasteiger partial charge in [-0.2, -0.15) is 22.5 Å². The Bertz CT molecular complexity index is 805. The normalized spacial score (nSPS) is 11.4. The second-order valence-electron chi connectivity index (χ2n) is 6.56. The number of amides is 1. The molecule has 134 valence electrons. The predicted molar refractivity (Wildman–Crippen MR) is 86.6 cm³/mol. The van der Waals surface area contributed by atoms with Crippen molar-refractivity contribution in [1.82, 2.24) is 4.98 Å². The van der Waals surface area contributed by atoms with Crippen LogP contribution in [-0.2, 0) is 4.79 Å². The fourth-order valence-corrected chi connectivity index (χ4v) is 1.89. The van der Waals surface area contributed by atoms with Crippen molar-refractivity contribution in [2.45, 2.75) is 27.7 Å². The lowest BCUT2D eigenvalue weighted by Crippen LogP contribution is -2.27. The highest BCUT2D eigenvalue weighted by molar-refractivity contribution is 5.95. The Morgan fingerprint density at radius 1 is 1.04 bits per heavy atom. The van der Waals surface area contributed by atoms with Gasteiger partial charge in [0.25, 0.3) is 11.9 Å². The molecular formula is C17H17F4N3O. The zero-order valence-electron chi connectivity index (χ0n) is 14.1. The summed E-state index contributed by atoms with van der Waals surface area (Å²) in [5.74, 6) is -7.05. The molecule has 0 fully saturated rings. The molecule has 0 aliphatic rings. The van der Waals surface area contributed by atoms with Crippen LogP contribution in [0.5, 0.6) is 0 Å². The Kier molecular flexibility index (Phi) is 5.01. The number of rotatable bonds is 3. The number of nitrogens with zero attached hydrogens (tertiary/aromatic N) is 1. The van der Waals surface area contributed by atoms with Gasteiger partial charge in [-0.15, -0.1) is 0 Å². The van der Waals surface area contributed by atoms with Crippen molar-refractivity contribution in [3.05, 3.63) is 47.3 Å². The Hall–Kier alpha value is -2.64. The highest BCUT2D eigenvalue weighted by Crippen LogP contribution is 2.29. The molecule has 2 rings (SSSR count). The van der Waals surface area contributed by atoms with Gasteiger partial charge in [0.1, 0.15) is 5.69 Å². The van der Waals surface area contributed by atoms with Crippen molar-refractivity contribution in [3.63, 3.8) is 0 Å². The van der Waals surface area contributed by atoms with E-state index in [0.717, 1.165) is 0 Å². The van der Waals surface area contributed by atoms with E-state index in [1.807, 2.05) is 0 Å². The summed E-state index contributed by atoms with van der Waals surface area (Å²) in [5, 5.41) is 4.98. The average Bonchev–Trinajstić information content (AvgIpc) is 2.51. The van der Waals surface area contributed by atoms with E-state index in [9.17, 15) is 22.4 Å². The summed E-state index contributed by atoms with van der Waals surface area (Å²) in [7, 11) is 0. The molecule has 8 heteroatoms. The van der Waals surface area contributed by atoms with Gasteiger partial charge in [-0.25, -0.2) is 0 Å². The van der Waals surface area contributed by atoms with Gasteiger partial charge in [-0.1, -0.05) is 26.8 Å². The van der Waals surface area contributed by atoms with Crippen LogP contribution in [0, 0.1) is 35.9 Å².